The summed E-state index contributed by atoms with van der Waals surface area (Å²) in [4.78, 5) is 0. The van der Waals surface area contributed by atoms with Crippen molar-refractivity contribution in [3.05, 3.63) is 0 Å². The number of methoxy groups -OCH3 is 1. The van der Waals surface area contributed by atoms with E-state index in [1.54, 1.807) is 21.1 Å². The smallest absolute Gasteiger partial charge is 0.214 e. The Balaban J connectivity index is 4.19. The summed E-state index contributed by atoms with van der Waals surface area (Å²) in [5, 5.41) is 8.57. The second-order valence-electron chi connectivity index (χ2n) is 3.57. The van der Waals surface area contributed by atoms with Crippen molar-refractivity contribution in [3.63, 3.8) is 0 Å². The molecule has 5 nitrogen and oxygen atoms in total. The van der Waals surface area contributed by atoms with Crippen LogP contribution in [0.3, 0.4) is 0 Å². The summed E-state index contributed by atoms with van der Waals surface area (Å²) in [5.41, 5.74) is 0. The molecule has 0 saturated heterocycles. The van der Waals surface area contributed by atoms with Gasteiger partial charge in [-0.25, -0.2) is 8.42 Å². The molecule has 0 aliphatic rings. The van der Waals surface area contributed by atoms with Crippen molar-refractivity contribution in [2.45, 2.75) is 25.8 Å². The van der Waals surface area contributed by atoms with Gasteiger partial charge in [-0.1, -0.05) is 0 Å². The third-order valence-electron chi connectivity index (χ3n) is 2.28. The Morgan fingerprint density at radius 3 is 2.47 bits per heavy atom. The van der Waals surface area contributed by atoms with Gasteiger partial charge in [0.25, 0.3) is 0 Å². The number of nitrogens with zero attached hydrogens (tertiary/aromatic N) is 1. The zero-order chi connectivity index (χ0) is 11.9. The zero-order valence-corrected chi connectivity index (χ0v) is 10.5. The number of ether oxygens (including phenoxy) is 1. The average Bonchev–Trinajstić information content (AvgIpc) is 2.17. The Kier molecular flexibility index (Phi) is 7.08. The first-order valence-electron chi connectivity index (χ1n) is 5.01. The van der Waals surface area contributed by atoms with Crippen LogP contribution in [-0.4, -0.2) is 57.0 Å². The summed E-state index contributed by atoms with van der Waals surface area (Å²) in [6, 6.07) is -0.158. The minimum absolute atomic E-state index is 0.0346. The van der Waals surface area contributed by atoms with Gasteiger partial charge in [-0.15, -0.1) is 0 Å². The van der Waals surface area contributed by atoms with E-state index < -0.39 is 10.0 Å². The lowest BCUT2D eigenvalue weighted by Gasteiger charge is -2.23. The first-order valence-corrected chi connectivity index (χ1v) is 6.62. The Labute approximate surface area is 92.1 Å². The molecular formula is C9H21NO4S. The normalized spacial score (nSPS) is 14.5. The fourth-order valence-electron chi connectivity index (χ4n) is 1.16. The summed E-state index contributed by atoms with van der Waals surface area (Å²) in [6.45, 7) is 2.22. The fourth-order valence-corrected chi connectivity index (χ4v) is 2.63. The van der Waals surface area contributed by atoms with Gasteiger partial charge in [0.15, 0.2) is 0 Å². The molecule has 1 N–H and O–H groups in total. The lowest BCUT2D eigenvalue weighted by Crippen LogP contribution is -2.39. The lowest BCUT2D eigenvalue weighted by molar-refractivity contribution is 0.149. The first kappa shape index (κ1) is 14.8. The molecule has 1 unspecified atom stereocenters. The largest absolute Gasteiger partial charge is 0.396 e. The molecule has 0 aromatic carbocycles. The molecule has 0 heterocycles. The highest BCUT2D eigenvalue weighted by atomic mass is 32.2. The Hall–Kier alpha value is -0.170. The zero-order valence-electron chi connectivity index (χ0n) is 9.64. The van der Waals surface area contributed by atoms with E-state index in [1.807, 2.05) is 0 Å². The van der Waals surface area contributed by atoms with E-state index in [9.17, 15) is 8.42 Å². The number of unbranched alkanes of at least 4 members (excludes halogenated alkanes) is 1. The van der Waals surface area contributed by atoms with Gasteiger partial charge in [-0.05, 0) is 19.8 Å². The molecule has 0 spiro atoms. The van der Waals surface area contributed by atoms with Crippen molar-refractivity contribution in [1.82, 2.24) is 4.31 Å². The standard InChI is InChI=1S/C9H21NO4S/c1-9(8-14-3)10(2)15(12,13)7-5-4-6-11/h9,11H,4-8H2,1-3H3. The maximum absolute atomic E-state index is 11.7. The summed E-state index contributed by atoms with van der Waals surface area (Å²) >= 11 is 0. The summed E-state index contributed by atoms with van der Waals surface area (Å²) in [7, 11) is -0.114. The Bertz CT molecular complexity index is 253. The van der Waals surface area contributed by atoms with Crippen LogP contribution < -0.4 is 0 Å². The van der Waals surface area contributed by atoms with E-state index in [-0.39, 0.29) is 18.4 Å². The van der Waals surface area contributed by atoms with Gasteiger partial charge in [0.1, 0.15) is 0 Å². The van der Waals surface area contributed by atoms with Crippen LogP contribution in [0.15, 0.2) is 0 Å². The van der Waals surface area contributed by atoms with E-state index in [1.165, 1.54) is 4.31 Å². The van der Waals surface area contributed by atoms with Crippen LogP contribution in [0.5, 0.6) is 0 Å². The molecular weight excluding hydrogens is 218 g/mol. The molecule has 0 radical (unpaired) electrons. The van der Waals surface area contributed by atoms with Gasteiger partial charge < -0.3 is 9.84 Å². The van der Waals surface area contributed by atoms with Crippen LogP contribution in [-0.2, 0) is 14.8 Å². The van der Waals surface area contributed by atoms with Crippen molar-refractivity contribution in [2.24, 2.45) is 0 Å². The monoisotopic (exact) mass is 239 g/mol. The number of hydrogen-bond acceptors (Lipinski definition) is 4. The molecule has 0 amide bonds. The Morgan fingerprint density at radius 1 is 1.40 bits per heavy atom. The molecule has 0 aliphatic carbocycles. The average molecular weight is 239 g/mol. The Morgan fingerprint density at radius 2 is 2.00 bits per heavy atom. The van der Waals surface area contributed by atoms with Crippen LogP contribution in [0.25, 0.3) is 0 Å². The third kappa shape index (κ3) is 5.46. The van der Waals surface area contributed by atoms with Gasteiger partial charge in [0.05, 0.1) is 12.4 Å². The van der Waals surface area contributed by atoms with Crippen molar-refractivity contribution in [3.8, 4) is 0 Å². The van der Waals surface area contributed by atoms with E-state index in [4.69, 9.17) is 9.84 Å². The van der Waals surface area contributed by atoms with Crippen LogP contribution in [0.2, 0.25) is 0 Å². The van der Waals surface area contributed by atoms with Crippen molar-refractivity contribution in [1.29, 1.82) is 0 Å². The third-order valence-corrected chi connectivity index (χ3v) is 4.32. The maximum Gasteiger partial charge on any atom is 0.214 e. The molecule has 0 aromatic rings. The number of rotatable bonds is 8. The number of hydrogen-bond donors (Lipinski definition) is 1. The molecule has 92 valence electrons. The van der Waals surface area contributed by atoms with E-state index in [2.05, 4.69) is 0 Å². The molecule has 0 bridgehead atoms. The van der Waals surface area contributed by atoms with Gasteiger partial charge >= 0.3 is 0 Å². The molecule has 6 heteroatoms. The highest BCUT2D eigenvalue weighted by molar-refractivity contribution is 7.89. The quantitative estimate of drug-likeness (QED) is 0.608. The van der Waals surface area contributed by atoms with E-state index >= 15 is 0 Å². The van der Waals surface area contributed by atoms with E-state index in [0.29, 0.717) is 19.4 Å². The molecule has 0 aliphatic heterocycles. The van der Waals surface area contributed by atoms with Gasteiger partial charge in [-0.3, -0.25) is 0 Å². The van der Waals surface area contributed by atoms with Crippen LogP contribution in [0.1, 0.15) is 19.8 Å². The second kappa shape index (κ2) is 7.16. The predicted molar refractivity (Wildman–Crippen MR) is 59.2 cm³/mol. The number of likely N-dealkylation sites (N-methyl/N-ethyl adjacent to an activating group) is 1. The molecule has 0 fully saturated rings. The topological polar surface area (TPSA) is 66.8 Å². The number of aliphatic hydroxyl groups excluding tert-OH is 1. The first-order chi connectivity index (χ1) is 6.95. The van der Waals surface area contributed by atoms with Crippen molar-refractivity contribution >= 4 is 10.0 Å². The fraction of sp³-hybridized carbons (Fsp3) is 1.00. The van der Waals surface area contributed by atoms with Crippen LogP contribution >= 0.6 is 0 Å². The van der Waals surface area contributed by atoms with E-state index in [0.717, 1.165) is 0 Å². The molecule has 1 atom stereocenters. The minimum Gasteiger partial charge on any atom is -0.396 e. The molecule has 0 saturated carbocycles. The van der Waals surface area contributed by atoms with Gasteiger partial charge in [0.2, 0.25) is 10.0 Å². The highest BCUT2D eigenvalue weighted by Crippen LogP contribution is 2.07. The SMILES string of the molecule is COCC(C)N(C)S(=O)(=O)CCCCO. The highest BCUT2D eigenvalue weighted by Gasteiger charge is 2.22. The second-order valence-corrected chi connectivity index (χ2v) is 5.72. The van der Waals surface area contributed by atoms with Crippen LogP contribution in [0, 0.1) is 0 Å². The maximum atomic E-state index is 11.7. The molecule has 0 rings (SSSR count). The molecule has 0 aromatic heterocycles. The number of sulfonamides is 1. The summed E-state index contributed by atoms with van der Waals surface area (Å²) in [6.07, 6.45) is 1.01. The number of aliphatic hydroxyl groups is 1. The van der Waals surface area contributed by atoms with Crippen molar-refractivity contribution in [2.75, 3.05) is 33.1 Å². The summed E-state index contributed by atoms with van der Waals surface area (Å²) in [5.74, 6) is 0.0815. The van der Waals surface area contributed by atoms with Gasteiger partial charge in [0, 0.05) is 26.8 Å². The lowest BCUT2D eigenvalue weighted by atomic mass is 10.4. The van der Waals surface area contributed by atoms with Gasteiger partial charge in [-0.2, -0.15) is 4.31 Å². The van der Waals surface area contributed by atoms with Crippen molar-refractivity contribution < 1.29 is 18.3 Å². The molecule has 15 heavy (non-hydrogen) atoms. The minimum atomic E-state index is -3.21. The predicted octanol–water partition coefficient (Wildman–Crippen LogP) is 0.0554. The summed E-state index contributed by atoms with van der Waals surface area (Å²) < 4.78 is 29.6. The van der Waals surface area contributed by atoms with Crippen LogP contribution in [0.4, 0.5) is 0 Å².